The van der Waals surface area contributed by atoms with Gasteiger partial charge in [0.25, 0.3) is 0 Å². The van der Waals surface area contributed by atoms with Gasteiger partial charge in [-0.15, -0.1) is 10.2 Å². The maximum Gasteiger partial charge on any atom is 0.313 e. The lowest BCUT2D eigenvalue weighted by atomic mass is 10.1. The van der Waals surface area contributed by atoms with E-state index in [9.17, 15) is 4.79 Å². The molecule has 0 spiro atoms. The molecule has 7 nitrogen and oxygen atoms in total. The number of benzene rings is 1. The summed E-state index contributed by atoms with van der Waals surface area (Å²) in [4.78, 5) is 15.0. The Morgan fingerprint density at radius 1 is 1.29 bits per heavy atom. The third-order valence-corrected chi connectivity index (χ3v) is 3.79. The summed E-state index contributed by atoms with van der Waals surface area (Å²) in [6.07, 6.45) is 1.70. The van der Waals surface area contributed by atoms with Gasteiger partial charge in [-0.05, 0) is 12.1 Å². The van der Waals surface area contributed by atoms with Gasteiger partial charge in [0.05, 0.1) is 11.3 Å². The maximum atomic E-state index is 10.6. The number of rotatable bonds is 4. The van der Waals surface area contributed by atoms with Crippen LogP contribution < -0.4 is 5.84 Å². The van der Waals surface area contributed by atoms with Crippen molar-refractivity contribution in [1.29, 1.82) is 0 Å². The quantitative estimate of drug-likeness (QED) is 0.553. The summed E-state index contributed by atoms with van der Waals surface area (Å²) in [7, 11) is 0. The molecule has 2 aromatic heterocycles. The minimum Gasteiger partial charge on any atom is -0.481 e. The number of thioether (sulfide) groups is 1. The summed E-state index contributed by atoms with van der Waals surface area (Å²) in [5.41, 5.74) is 1.53. The van der Waals surface area contributed by atoms with Gasteiger partial charge in [-0.2, -0.15) is 0 Å². The van der Waals surface area contributed by atoms with Crippen LogP contribution in [0.15, 0.2) is 41.7 Å². The number of nitrogen functional groups attached to an aromatic ring is 1. The van der Waals surface area contributed by atoms with Gasteiger partial charge < -0.3 is 10.9 Å². The number of carboxylic acids is 1. The average Bonchev–Trinajstić information content (AvgIpc) is 2.85. The van der Waals surface area contributed by atoms with Crippen LogP contribution >= 0.6 is 11.8 Å². The summed E-state index contributed by atoms with van der Waals surface area (Å²) < 4.78 is 1.29. The first kappa shape index (κ1) is 13.4. The minimum absolute atomic E-state index is 0.122. The van der Waals surface area contributed by atoms with Gasteiger partial charge in [0.2, 0.25) is 5.16 Å². The van der Waals surface area contributed by atoms with Crippen LogP contribution in [-0.2, 0) is 4.79 Å². The Balaban J connectivity index is 2.05. The number of carbonyl (C=O) groups is 1. The van der Waals surface area contributed by atoms with Crippen LogP contribution in [0.4, 0.5) is 0 Å². The zero-order chi connectivity index (χ0) is 14.8. The lowest BCUT2D eigenvalue weighted by molar-refractivity contribution is -0.133. The zero-order valence-electron chi connectivity index (χ0n) is 10.8. The van der Waals surface area contributed by atoms with E-state index >= 15 is 0 Å². The fourth-order valence-corrected chi connectivity index (χ4v) is 2.55. The lowest BCUT2D eigenvalue weighted by Gasteiger charge is -2.05. The Kier molecular flexibility index (Phi) is 3.44. The summed E-state index contributed by atoms with van der Waals surface area (Å²) in [5, 5.41) is 18.0. The predicted molar refractivity (Wildman–Crippen MR) is 79.3 cm³/mol. The molecule has 0 aliphatic carbocycles. The van der Waals surface area contributed by atoms with Crippen molar-refractivity contribution >= 4 is 28.6 Å². The molecule has 3 rings (SSSR count). The Morgan fingerprint density at radius 2 is 2.10 bits per heavy atom. The molecule has 0 amide bonds. The van der Waals surface area contributed by atoms with Crippen LogP contribution in [0, 0.1) is 0 Å². The molecule has 8 heteroatoms. The lowest BCUT2D eigenvalue weighted by Crippen LogP contribution is -2.12. The number of aromatic nitrogens is 4. The molecule has 0 unspecified atom stereocenters. The number of nitrogens with two attached hydrogens (primary N) is 1. The molecule has 2 heterocycles. The molecule has 0 saturated carbocycles. The van der Waals surface area contributed by atoms with E-state index < -0.39 is 5.97 Å². The number of fused-ring (bicyclic) bond motifs is 1. The second-order valence-electron chi connectivity index (χ2n) is 4.24. The molecule has 1 aromatic carbocycles. The number of para-hydroxylation sites is 1. The van der Waals surface area contributed by atoms with Crippen LogP contribution in [0.3, 0.4) is 0 Å². The molecule has 0 radical (unpaired) electrons. The van der Waals surface area contributed by atoms with E-state index in [0.717, 1.165) is 28.2 Å². The van der Waals surface area contributed by atoms with Crippen molar-refractivity contribution in [3.8, 4) is 11.4 Å². The second-order valence-corrected chi connectivity index (χ2v) is 5.18. The van der Waals surface area contributed by atoms with E-state index in [0.29, 0.717) is 11.0 Å². The zero-order valence-corrected chi connectivity index (χ0v) is 11.6. The van der Waals surface area contributed by atoms with Crippen molar-refractivity contribution in [1.82, 2.24) is 19.9 Å². The van der Waals surface area contributed by atoms with Gasteiger partial charge in [0.15, 0.2) is 5.82 Å². The first-order valence-corrected chi connectivity index (χ1v) is 7.04. The normalized spacial score (nSPS) is 10.9. The largest absolute Gasteiger partial charge is 0.481 e. The SMILES string of the molecule is Nn1c(SCC(=O)O)nnc1-c1cccc2cccnc12. The number of pyridine rings is 1. The van der Waals surface area contributed by atoms with Crippen LogP contribution in [-0.4, -0.2) is 36.7 Å². The molecule has 0 aliphatic heterocycles. The molecule has 0 bridgehead atoms. The Morgan fingerprint density at radius 3 is 2.90 bits per heavy atom. The molecule has 0 saturated heterocycles. The standard InChI is InChI=1S/C13H11N5O2S/c14-18-12(16-17-13(18)21-7-10(19)20)9-5-1-3-8-4-2-6-15-11(8)9/h1-6H,7,14H2,(H,19,20). The first-order chi connectivity index (χ1) is 10.2. The second kappa shape index (κ2) is 5.41. The fraction of sp³-hybridized carbons (Fsp3) is 0.0769. The highest BCUT2D eigenvalue weighted by Gasteiger charge is 2.15. The van der Waals surface area contributed by atoms with Crippen LogP contribution in [0.5, 0.6) is 0 Å². The van der Waals surface area contributed by atoms with Crippen molar-refractivity contribution in [3.05, 3.63) is 36.5 Å². The maximum absolute atomic E-state index is 10.6. The van der Waals surface area contributed by atoms with Crippen molar-refractivity contribution in [2.24, 2.45) is 0 Å². The first-order valence-electron chi connectivity index (χ1n) is 6.06. The van der Waals surface area contributed by atoms with Gasteiger partial charge in [0.1, 0.15) is 0 Å². The van der Waals surface area contributed by atoms with Gasteiger partial charge >= 0.3 is 5.97 Å². The number of carboxylic acid groups (broad SMARTS) is 1. The van der Waals surface area contributed by atoms with Crippen LogP contribution in [0.25, 0.3) is 22.3 Å². The van der Waals surface area contributed by atoms with Gasteiger partial charge in [-0.25, -0.2) is 4.68 Å². The summed E-state index contributed by atoms with van der Waals surface area (Å²) in [5.74, 6) is 5.36. The minimum atomic E-state index is -0.934. The average molecular weight is 301 g/mol. The molecule has 0 fully saturated rings. The van der Waals surface area contributed by atoms with E-state index in [1.165, 1.54) is 4.68 Å². The van der Waals surface area contributed by atoms with Crippen molar-refractivity contribution in [2.45, 2.75) is 5.16 Å². The highest BCUT2D eigenvalue weighted by atomic mass is 32.2. The van der Waals surface area contributed by atoms with Gasteiger partial charge in [-0.3, -0.25) is 9.78 Å². The monoisotopic (exact) mass is 301 g/mol. The molecule has 3 aromatic rings. The highest BCUT2D eigenvalue weighted by molar-refractivity contribution is 7.99. The van der Waals surface area contributed by atoms with Crippen molar-refractivity contribution < 1.29 is 9.90 Å². The number of aliphatic carboxylic acids is 1. The smallest absolute Gasteiger partial charge is 0.313 e. The summed E-state index contributed by atoms with van der Waals surface area (Å²) in [6.45, 7) is 0. The van der Waals surface area contributed by atoms with Crippen molar-refractivity contribution in [2.75, 3.05) is 11.6 Å². The number of nitrogens with zero attached hydrogens (tertiary/aromatic N) is 4. The third kappa shape index (κ3) is 2.52. The summed E-state index contributed by atoms with van der Waals surface area (Å²) >= 11 is 1.02. The van der Waals surface area contributed by atoms with E-state index in [1.54, 1.807) is 6.20 Å². The molecule has 0 atom stereocenters. The fourth-order valence-electron chi connectivity index (χ4n) is 1.97. The number of hydrogen-bond donors (Lipinski definition) is 2. The summed E-state index contributed by atoms with van der Waals surface area (Å²) in [6, 6.07) is 9.49. The van der Waals surface area contributed by atoms with E-state index in [-0.39, 0.29) is 5.75 Å². The Bertz CT molecular complexity index is 812. The van der Waals surface area contributed by atoms with Crippen molar-refractivity contribution in [3.63, 3.8) is 0 Å². The van der Waals surface area contributed by atoms with Gasteiger partial charge in [-0.1, -0.05) is 30.0 Å². The molecule has 3 N–H and O–H groups in total. The van der Waals surface area contributed by atoms with Crippen LogP contribution in [0.1, 0.15) is 0 Å². The van der Waals surface area contributed by atoms with Gasteiger partial charge in [0, 0.05) is 17.1 Å². The molecule has 21 heavy (non-hydrogen) atoms. The molecule has 106 valence electrons. The highest BCUT2D eigenvalue weighted by Crippen LogP contribution is 2.27. The Labute approximate surface area is 123 Å². The predicted octanol–water partition coefficient (Wildman–Crippen LogP) is 1.38. The third-order valence-electron chi connectivity index (χ3n) is 2.86. The number of hydrogen-bond acceptors (Lipinski definition) is 6. The van der Waals surface area contributed by atoms with E-state index in [2.05, 4.69) is 15.2 Å². The van der Waals surface area contributed by atoms with E-state index in [1.807, 2.05) is 30.3 Å². The molecular weight excluding hydrogens is 290 g/mol. The Hall–Kier alpha value is -2.61. The molecular formula is C13H11N5O2S. The van der Waals surface area contributed by atoms with E-state index in [4.69, 9.17) is 10.9 Å². The van der Waals surface area contributed by atoms with Crippen LogP contribution in [0.2, 0.25) is 0 Å². The topological polar surface area (TPSA) is 107 Å². The molecule has 0 aliphatic rings.